The second-order valence-electron chi connectivity index (χ2n) is 2.97. The van der Waals surface area contributed by atoms with Crippen molar-refractivity contribution < 1.29 is 9.90 Å². The number of aliphatic hydroxyl groups excluding tert-OH is 1. The molecule has 1 atom stereocenters. The quantitative estimate of drug-likeness (QED) is 0.843. The number of ketones is 1. The summed E-state index contributed by atoms with van der Waals surface area (Å²) in [7, 11) is 0. The van der Waals surface area contributed by atoms with Gasteiger partial charge in [0.1, 0.15) is 0 Å². The fraction of sp³-hybridized carbons (Fsp3) is 0.182. The van der Waals surface area contributed by atoms with Gasteiger partial charge in [-0.15, -0.1) is 0 Å². The second kappa shape index (κ2) is 5.08. The van der Waals surface area contributed by atoms with Crippen LogP contribution in [0.2, 0.25) is 0 Å². The fourth-order valence-corrected chi connectivity index (χ4v) is 1.26. The number of rotatable bonds is 3. The van der Waals surface area contributed by atoms with Crippen LogP contribution in [0.4, 0.5) is 0 Å². The van der Waals surface area contributed by atoms with E-state index in [4.69, 9.17) is 0 Å². The first-order valence-corrected chi connectivity index (χ1v) is 5.01. The van der Waals surface area contributed by atoms with Gasteiger partial charge in [0, 0.05) is 4.47 Å². The van der Waals surface area contributed by atoms with Crippen molar-refractivity contribution in [2.45, 2.75) is 13.0 Å². The monoisotopic (exact) mass is 254 g/mol. The number of carbonyl (C=O) groups is 1. The smallest absolute Gasteiger partial charge is 0.152 e. The summed E-state index contributed by atoms with van der Waals surface area (Å²) in [5.74, 6) is -0.0684. The van der Waals surface area contributed by atoms with Crippen LogP contribution in [0.3, 0.4) is 0 Å². The van der Waals surface area contributed by atoms with Crippen molar-refractivity contribution in [1.82, 2.24) is 0 Å². The van der Waals surface area contributed by atoms with Gasteiger partial charge in [0.25, 0.3) is 0 Å². The summed E-state index contributed by atoms with van der Waals surface area (Å²) in [5.41, 5.74) is 0.769. The Morgan fingerprint density at radius 1 is 1.43 bits per heavy atom. The van der Waals surface area contributed by atoms with E-state index in [9.17, 15) is 9.90 Å². The Bertz CT molecular complexity index is 341. The topological polar surface area (TPSA) is 37.3 Å². The molecule has 1 N–H and O–H groups in total. The van der Waals surface area contributed by atoms with Crippen molar-refractivity contribution in [2.75, 3.05) is 0 Å². The van der Waals surface area contributed by atoms with Gasteiger partial charge in [0.2, 0.25) is 0 Å². The first-order valence-electron chi connectivity index (χ1n) is 4.22. The Labute approximate surface area is 91.4 Å². The number of benzene rings is 1. The Kier molecular flexibility index (Phi) is 4.04. The van der Waals surface area contributed by atoms with Crippen LogP contribution in [-0.2, 0) is 4.79 Å². The molecule has 0 spiro atoms. The van der Waals surface area contributed by atoms with E-state index in [1.54, 1.807) is 12.1 Å². The molecule has 74 valence electrons. The van der Waals surface area contributed by atoms with Gasteiger partial charge < -0.3 is 5.11 Å². The normalized spacial score (nSPS) is 13.1. The van der Waals surface area contributed by atoms with Gasteiger partial charge in [-0.05, 0) is 36.8 Å². The summed E-state index contributed by atoms with van der Waals surface area (Å²) in [6.07, 6.45) is 2.13. The summed E-state index contributed by atoms with van der Waals surface area (Å²) in [6, 6.07) is 7.30. The summed E-state index contributed by atoms with van der Waals surface area (Å²) in [4.78, 5) is 10.6. The van der Waals surface area contributed by atoms with Crippen molar-refractivity contribution in [2.24, 2.45) is 0 Å². The SMILES string of the molecule is CC(=O)/C=C/[C@H](O)c1ccc(Br)cc1. The maximum Gasteiger partial charge on any atom is 0.152 e. The molecule has 0 fully saturated rings. The molecule has 1 aromatic carbocycles. The zero-order valence-electron chi connectivity index (χ0n) is 7.77. The van der Waals surface area contributed by atoms with Crippen molar-refractivity contribution in [1.29, 1.82) is 0 Å². The highest BCUT2D eigenvalue weighted by molar-refractivity contribution is 9.10. The van der Waals surface area contributed by atoms with Gasteiger partial charge in [0.05, 0.1) is 6.10 Å². The third kappa shape index (κ3) is 3.44. The summed E-state index contributed by atoms with van der Waals surface area (Å²) < 4.78 is 0.962. The second-order valence-corrected chi connectivity index (χ2v) is 3.88. The molecule has 1 rings (SSSR count). The molecule has 14 heavy (non-hydrogen) atoms. The van der Waals surface area contributed by atoms with Crippen LogP contribution in [0.1, 0.15) is 18.6 Å². The first-order chi connectivity index (χ1) is 6.59. The van der Waals surface area contributed by atoms with Crippen LogP contribution in [0.15, 0.2) is 40.9 Å². The molecule has 0 radical (unpaired) electrons. The number of hydrogen-bond acceptors (Lipinski definition) is 2. The molecule has 0 unspecified atom stereocenters. The molecule has 0 aromatic heterocycles. The highest BCUT2D eigenvalue weighted by atomic mass is 79.9. The molecule has 0 aliphatic carbocycles. The summed E-state index contributed by atoms with van der Waals surface area (Å²) in [5, 5.41) is 9.61. The predicted octanol–water partition coefficient (Wildman–Crippen LogP) is 2.63. The van der Waals surface area contributed by atoms with Crippen molar-refractivity contribution in [3.8, 4) is 0 Å². The van der Waals surface area contributed by atoms with Crippen LogP contribution in [-0.4, -0.2) is 10.9 Å². The maximum absolute atomic E-state index is 10.6. The molecule has 2 nitrogen and oxygen atoms in total. The van der Waals surface area contributed by atoms with E-state index in [0.29, 0.717) is 0 Å². The lowest BCUT2D eigenvalue weighted by molar-refractivity contribution is -0.112. The van der Waals surface area contributed by atoms with Gasteiger partial charge in [-0.25, -0.2) is 0 Å². The Morgan fingerprint density at radius 2 is 2.00 bits per heavy atom. The summed E-state index contributed by atoms with van der Waals surface area (Å²) >= 11 is 3.30. The average molecular weight is 255 g/mol. The van der Waals surface area contributed by atoms with Crippen LogP contribution < -0.4 is 0 Å². The zero-order chi connectivity index (χ0) is 10.6. The predicted molar refractivity (Wildman–Crippen MR) is 58.9 cm³/mol. The van der Waals surface area contributed by atoms with E-state index < -0.39 is 6.10 Å². The van der Waals surface area contributed by atoms with Gasteiger partial charge in [-0.3, -0.25) is 4.79 Å². The minimum Gasteiger partial charge on any atom is -0.384 e. The highest BCUT2D eigenvalue weighted by Gasteiger charge is 2.02. The number of hydrogen-bond donors (Lipinski definition) is 1. The summed E-state index contributed by atoms with van der Waals surface area (Å²) in [6.45, 7) is 1.45. The average Bonchev–Trinajstić information content (AvgIpc) is 2.15. The highest BCUT2D eigenvalue weighted by Crippen LogP contribution is 2.17. The molecular weight excluding hydrogens is 244 g/mol. The minimum atomic E-state index is -0.716. The molecule has 0 saturated carbocycles. The van der Waals surface area contributed by atoms with E-state index in [0.717, 1.165) is 10.0 Å². The third-order valence-electron chi connectivity index (χ3n) is 1.72. The lowest BCUT2D eigenvalue weighted by atomic mass is 10.1. The Balaban J connectivity index is 2.74. The molecule has 0 heterocycles. The number of aliphatic hydroxyl groups is 1. The van der Waals surface area contributed by atoms with Crippen LogP contribution in [0.5, 0.6) is 0 Å². The first kappa shape index (κ1) is 11.1. The van der Waals surface area contributed by atoms with Crippen molar-refractivity contribution in [3.05, 3.63) is 46.5 Å². The number of carbonyl (C=O) groups excluding carboxylic acids is 1. The zero-order valence-corrected chi connectivity index (χ0v) is 9.36. The molecular formula is C11H11BrO2. The standard InChI is InChI=1S/C11H11BrO2/c1-8(13)2-7-11(14)9-3-5-10(12)6-4-9/h2-7,11,14H,1H3/b7-2+/t11-/m0/s1. The largest absolute Gasteiger partial charge is 0.384 e. The molecule has 0 bridgehead atoms. The minimum absolute atomic E-state index is 0.0684. The van der Waals surface area contributed by atoms with E-state index in [1.807, 2.05) is 12.1 Å². The fourth-order valence-electron chi connectivity index (χ4n) is 0.998. The lowest BCUT2D eigenvalue weighted by Crippen LogP contribution is -1.93. The number of halogens is 1. The van der Waals surface area contributed by atoms with Crippen LogP contribution in [0.25, 0.3) is 0 Å². The maximum atomic E-state index is 10.6. The van der Waals surface area contributed by atoms with E-state index in [-0.39, 0.29) is 5.78 Å². The molecule has 3 heteroatoms. The van der Waals surface area contributed by atoms with Crippen molar-refractivity contribution in [3.63, 3.8) is 0 Å². The van der Waals surface area contributed by atoms with Gasteiger partial charge >= 0.3 is 0 Å². The Hall–Kier alpha value is -0.930. The lowest BCUT2D eigenvalue weighted by Gasteiger charge is -2.04. The van der Waals surface area contributed by atoms with E-state index in [1.165, 1.54) is 19.1 Å². The molecule has 0 aliphatic rings. The van der Waals surface area contributed by atoms with E-state index in [2.05, 4.69) is 15.9 Å². The van der Waals surface area contributed by atoms with Crippen LogP contribution >= 0.6 is 15.9 Å². The Morgan fingerprint density at radius 3 is 2.50 bits per heavy atom. The molecule has 0 aliphatic heterocycles. The molecule has 1 aromatic rings. The van der Waals surface area contributed by atoms with E-state index >= 15 is 0 Å². The molecule has 0 saturated heterocycles. The molecule has 0 amide bonds. The number of allylic oxidation sites excluding steroid dienone is 1. The van der Waals surface area contributed by atoms with Gasteiger partial charge in [-0.1, -0.05) is 28.1 Å². The van der Waals surface area contributed by atoms with Crippen LogP contribution in [0, 0.1) is 0 Å². The van der Waals surface area contributed by atoms with Gasteiger partial charge in [-0.2, -0.15) is 0 Å². The third-order valence-corrected chi connectivity index (χ3v) is 2.25. The van der Waals surface area contributed by atoms with Gasteiger partial charge in [0.15, 0.2) is 5.78 Å². The van der Waals surface area contributed by atoms with Crippen molar-refractivity contribution >= 4 is 21.7 Å².